The van der Waals surface area contributed by atoms with Gasteiger partial charge in [0.2, 0.25) is 0 Å². The molecule has 0 spiro atoms. The Bertz CT molecular complexity index is 575. The Labute approximate surface area is 104 Å². The third-order valence-corrected chi connectivity index (χ3v) is 3.60. The van der Waals surface area contributed by atoms with E-state index in [9.17, 15) is 27.3 Å². The molecule has 0 saturated heterocycles. The van der Waals surface area contributed by atoms with Gasteiger partial charge in [-0.1, -0.05) is 11.6 Å². The number of hydrogen-bond acceptors (Lipinski definition) is 4. The Kier molecular flexibility index (Phi) is 3.90. The van der Waals surface area contributed by atoms with Crippen molar-refractivity contribution in [1.82, 2.24) is 0 Å². The summed E-state index contributed by atoms with van der Waals surface area (Å²) >= 11 is 5.42. The molecular weight excluding hydrogens is 303 g/mol. The molecule has 1 aromatic carbocycles. The number of nitro benzene ring substituents is 1. The largest absolute Gasteiger partial charge is 0.279 e. The Morgan fingerprint density at radius 2 is 1.88 bits per heavy atom. The minimum absolute atomic E-state index is 0.596. The first-order chi connectivity index (χ1) is 7.66. The van der Waals surface area contributed by atoms with Gasteiger partial charge >= 0.3 is 0 Å². The second kappa shape index (κ2) is 4.71. The average molecular weight is 306 g/mol. The zero-order chi connectivity index (χ0) is 13.4. The number of halogens is 4. The van der Waals surface area contributed by atoms with Crippen LogP contribution < -0.4 is 0 Å². The van der Waals surface area contributed by atoms with Gasteiger partial charge in [0.1, 0.15) is 10.5 Å². The zero-order valence-electron chi connectivity index (χ0n) is 7.73. The highest BCUT2D eigenvalue weighted by molar-refractivity contribution is 8.13. The molecule has 5 nitrogen and oxygen atoms in total. The lowest BCUT2D eigenvalue weighted by molar-refractivity contribution is -0.386. The standard InChI is InChI=1S/C7H3Cl2F2NO4S/c8-3-1-2-4(12(13)14)5(7(10)11)6(3)17(9,15)16/h1-2,7H. The minimum atomic E-state index is -4.61. The Morgan fingerprint density at radius 1 is 1.35 bits per heavy atom. The van der Waals surface area contributed by atoms with E-state index in [1.165, 1.54) is 0 Å². The highest BCUT2D eigenvalue weighted by Gasteiger charge is 2.33. The average Bonchev–Trinajstić information content (AvgIpc) is 2.14. The van der Waals surface area contributed by atoms with Gasteiger partial charge in [-0.05, 0) is 6.07 Å². The van der Waals surface area contributed by atoms with Crippen molar-refractivity contribution in [2.75, 3.05) is 0 Å². The van der Waals surface area contributed by atoms with E-state index in [1.54, 1.807) is 0 Å². The lowest BCUT2D eigenvalue weighted by Gasteiger charge is -2.08. The third kappa shape index (κ3) is 2.82. The van der Waals surface area contributed by atoms with Crippen LogP contribution >= 0.6 is 22.3 Å². The van der Waals surface area contributed by atoms with Gasteiger partial charge in [0.25, 0.3) is 21.2 Å². The van der Waals surface area contributed by atoms with Crippen molar-refractivity contribution in [2.24, 2.45) is 0 Å². The molecule has 0 amide bonds. The van der Waals surface area contributed by atoms with Crippen molar-refractivity contribution in [2.45, 2.75) is 11.3 Å². The molecule has 17 heavy (non-hydrogen) atoms. The number of alkyl halides is 2. The molecular formula is C7H3Cl2F2NO4S. The SMILES string of the molecule is O=[N+]([O-])c1ccc(Cl)c(S(=O)(=O)Cl)c1C(F)F. The van der Waals surface area contributed by atoms with Crippen LogP contribution in [-0.4, -0.2) is 13.3 Å². The summed E-state index contributed by atoms with van der Waals surface area (Å²) in [5.74, 6) is 0. The maximum absolute atomic E-state index is 12.7. The molecule has 0 aromatic heterocycles. The van der Waals surface area contributed by atoms with Gasteiger partial charge in [-0.3, -0.25) is 10.1 Å². The fourth-order valence-electron chi connectivity index (χ4n) is 1.18. The summed E-state index contributed by atoms with van der Waals surface area (Å²) in [6, 6.07) is 1.51. The van der Waals surface area contributed by atoms with E-state index < -0.39 is 41.6 Å². The van der Waals surface area contributed by atoms with E-state index in [2.05, 4.69) is 0 Å². The maximum Gasteiger partial charge on any atom is 0.279 e. The third-order valence-electron chi connectivity index (χ3n) is 1.78. The van der Waals surface area contributed by atoms with Crippen molar-refractivity contribution in [1.29, 1.82) is 0 Å². The number of hydrogen-bond donors (Lipinski definition) is 0. The highest BCUT2D eigenvalue weighted by atomic mass is 35.7. The van der Waals surface area contributed by atoms with Crippen molar-refractivity contribution >= 4 is 37.0 Å². The van der Waals surface area contributed by atoms with Crippen molar-refractivity contribution < 1.29 is 22.1 Å². The number of rotatable bonds is 3. The molecule has 0 fully saturated rings. The molecule has 0 heterocycles. The predicted molar refractivity (Wildman–Crippen MR) is 56.1 cm³/mol. The number of nitrogens with zero attached hydrogens (tertiary/aromatic N) is 1. The Balaban J connectivity index is 3.80. The molecule has 0 radical (unpaired) electrons. The summed E-state index contributed by atoms with van der Waals surface area (Å²) in [5.41, 5.74) is -2.36. The predicted octanol–water partition coefficient (Wildman–Crippen LogP) is 3.11. The van der Waals surface area contributed by atoms with Gasteiger partial charge < -0.3 is 0 Å². The van der Waals surface area contributed by atoms with Crippen LogP contribution in [0.1, 0.15) is 12.0 Å². The fraction of sp³-hybridized carbons (Fsp3) is 0.143. The molecule has 1 rings (SSSR count). The molecule has 1 aromatic rings. The van der Waals surface area contributed by atoms with Crippen LogP contribution in [0.15, 0.2) is 17.0 Å². The van der Waals surface area contributed by atoms with Crippen LogP contribution in [0.4, 0.5) is 14.5 Å². The Morgan fingerprint density at radius 3 is 2.24 bits per heavy atom. The summed E-state index contributed by atoms with van der Waals surface area (Å²) in [7, 11) is 0.312. The van der Waals surface area contributed by atoms with Gasteiger partial charge in [0, 0.05) is 16.7 Å². The first-order valence-electron chi connectivity index (χ1n) is 3.86. The van der Waals surface area contributed by atoms with Gasteiger partial charge in [-0.25, -0.2) is 17.2 Å². The molecule has 10 heteroatoms. The topological polar surface area (TPSA) is 77.3 Å². The van der Waals surface area contributed by atoms with Crippen LogP contribution in [0.2, 0.25) is 5.02 Å². The summed E-state index contributed by atoms with van der Waals surface area (Å²) < 4.78 is 47.5. The lowest BCUT2D eigenvalue weighted by Crippen LogP contribution is -2.04. The van der Waals surface area contributed by atoms with E-state index in [1.807, 2.05) is 0 Å². The van der Waals surface area contributed by atoms with Crippen LogP contribution in [0.3, 0.4) is 0 Å². The molecule has 0 unspecified atom stereocenters. The smallest absolute Gasteiger partial charge is 0.258 e. The first-order valence-corrected chi connectivity index (χ1v) is 6.54. The van der Waals surface area contributed by atoms with E-state index >= 15 is 0 Å². The molecule has 0 aliphatic heterocycles. The van der Waals surface area contributed by atoms with Crippen molar-refractivity contribution in [3.8, 4) is 0 Å². The van der Waals surface area contributed by atoms with Crippen LogP contribution in [-0.2, 0) is 9.05 Å². The van der Waals surface area contributed by atoms with Gasteiger partial charge in [0.05, 0.1) is 9.95 Å². The summed E-state index contributed by atoms with van der Waals surface area (Å²) in [5, 5.41) is 9.91. The quantitative estimate of drug-likeness (QED) is 0.488. The van der Waals surface area contributed by atoms with E-state index in [0.29, 0.717) is 6.07 Å². The zero-order valence-corrected chi connectivity index (χ0v) is 10.1. The molecule has 0 atom stereocenters. The highest BCUT2D eigenvalue weighted by Crippen LogP contribution is 2.39. The normalized spacial score (nSPS) is 11.8. The lowest BCUT2D eigenvalue weighted by atomic mass is 10.2. The minimum Gasteiger partial charge on any atom is -0.258 e. The second-order valence-corrected chi connectivity index (χ2v) is 5.71. The van der Waals surface area contributed by atoms with Crippen LogP contribution in [0, 0.1) is 10.1 Å². The summed E-state index contributed by atoms with van der Waals surface area (Å²) in [6.07, 6.45) is -3.39. The molecule has 0 aliphatic carbocycles. The van der Waals surface area contributed by atoms with E-state index in [0.717, 1.165) is 6.07 Å². The first kappa shape index (κ1) is 14.1. The monoisotopic (exact) mass is 305 g/mol. The fourth-order valence-corrected chi connectivity index (χ4v) is 3.02. The van der Waals surface area contributed by atoms with E-state index in [4.69, 9.17) is 22.3 Å². The molecule has 0 N–H and O–H groups in total. The van der Waals surface area contributed by atoms with Crippen molar-refractivity contribution in [3.63, 3.8) is 0 Å². The molecule has 0 aliphatic rings. The van der Waals surface area contributed by atoms with Crippen molar-refractivity contribution in [3.05, 3.63) is 32.8 Å². The van der Waals surface area contributed by atoms with Gasteiger partial charge in [-0.15, -0.1) is 0 Å². The van der Waals surface area contributed by atoms with E-state index in [-0.39, 0.29) is 0 Å². The second-order valence-electron chi connectivity index (χ2n) is 2.80. The molecule has 94 valence electrons. The van der Waals surface area contributed by atoms with Crippen LogP contribution in [0.5, 0.6) is 0 Å². The number of benzene rings is 1. The molecule has 0 saturated carbocycles. The molecule has 0 bridgehead atoms. The van der Waals surface area contributed by atoms with Crippen LogP contribution in [0.25, 0.3) is 0 Å². The van der Waals surface area contributed by atoms with Gasteiger partial charge in [0.15, 0.2) is 0 Å². The summed E-state index contributed by atoms with van der Waals surface area (Å²) in [4.78, 5) is 8.24. The summed E-state index contributed by atoms with van der Waals surface area (Å²) in [6.45, 7) is 0. The maximum atomic E-state index is 12.7. The van der Waals surface area contributed by atoms with Gasteiger partial charge in [-0.2, -0.15) is 0 Å². The number of nitro groups is 1. The Hall–Kier alpha value is -0.990.